The van der Waals surface area contributed by atoms with E-state index in [1.807, 2.05) is 30.5 Å². The number of nitrogens with one attached hydrogen (secondary N) is 2. The molecule has 2 aromatic heterocycles. The molecular weight excluding hydrogens is 262 g/mol. The molecule has 0 saturated carbocycles. The third-order valence-corrected chi connectivity index (χ3v) is 3.74. The fourth-order valence-corrected chi connectivity index (χ4v) is 2.56. The van der Waals surface area contributed by atoms with E-state index >= 15 is 0 Å². The Morgan fingerprint density at radius 1 is 1.24 bits per heavy atom. The first kappa shape index (κ1) is 13.6. The summed E-state index contributed by atoms with van der Waals surface area (Å²) in [5, 5.41) is 4.70. The highest BCUT2D eigenvalue weighted by Crippen LogP contribution is 2.25. The zero-order chi connectivity index (χ0) is 14.7. The maximum absolute atomic E-state index is 5.42. The number of pyridine rings is 1. The number of ether oxygens (including phenoxy) is 1. The molecule has 3 aromatic rings. The summed E-state index contributed by atoms with van der Waals surface area (Å²) in [7, 11) is 1.71. The summed E-state index contributed by atoms with van der Waals surface area (Å²) in [4.78, 5) is 7.51. The van der Waals surface area contributed by atoms with Crippen LogP contribution < -0.4 is 10.1 Å². The number of hydrogen-bond acceptors (Lipinski definition) is 3. The molecule has 4 heteroatoms. The number of fused-ring (bicyclic) bond motifs is 1. The first-order valence-electron chi connectivity index (χ1n) is 7.07. The van der Waals surface area contributed by atoms with E-state index in [-0.39, 0.29) is 6.04 Å². The van der Waals surface area contributed by atoms with Gasteiger partial charge in [-0.3, -0.25) is 0 Å². The summed E-state index contributed by atoms with van der Waals surface area (Å²) in [5.41, 5.74) is 3.32. The second kappa shape index (κ2) is 5.97. The van der Waals surface area contributed by atoms with Gasteiger partial charge in [0, 0.05) is 35.9 Å². The molecular formula is C17H19N3O. The van der Waals surface area contributed by atoms with Gasteiger partial charge < -0.3 is 15.0 Å². The van der Waals surface area contributed by atoms with Crippen LogP contribution in [0.15, 0.2) is 48.8 Å². The minimum absolute atomic E-state index is 0.211. The lowest BCUT2D eigenvalue weighted by atomic mass is 10.1. The molecule has 0 fully saturated rings. The third kappa shape index (κ3) is 2.76. The predicted octanol–water partition coefficient (Wildman–Crippen LogP) is 3.42. The molecule has 2 heterocycles. The molecule has 0 aliphatic carbocycles. The molecule has 1 atom stereocenters. The van der Waals surface area contributed by atoms with Crippen LogP contribution in [-0.4, -0.2) is 17.1 Å². The first-order valence-corrected chi connectivity index (χ1v) is 7.07. The Morgan fingerprint density at radius 3 is 2.95 bits per heavy atom. The molecule has 0 spiro atoms. The average molecular weight is 281 g/mol. The number of methoxy groups -OCH3 is 1. The standard InChI is InChI=1S/C17H19N3O/c1-12(14-6-3-4-8-16(14)21-2)19-10-13-11-20-17-15(13)7-5-9-18-17/h3-9,11-12,19H,10H2,1-2H3,(H,18,20)/t12-/m0/s1. The van der Waals surface area contributed by atoms with Gasteiger partial charge in [0.1, 0.15) is 11.4 Å². The van der Waals surface area contributed by atoms with Crippen molar-refractivity contribution in [3.05, 3.63) is 59.9 Å². The van der Waals surface area contributed by atoms with E-state index < -0.39 is 0 Å². The summed E-state index contributed by atoms with van der Waals surface area (Å²) in [6.07, 6.45) is 3.81. The topological polar surface area (TPSA) is 49.9 Å². The lowest BCUT2D eigenvalue weighted by Crippen LogP contribution is -2.18. The Morgan fingerprint density at radius 2 is 2.10 bits per heavy atom. The Bertz CT molecular complexity index is 735. The van der Waals surface area contributed by atoms with Crippen molar-refractivity contribution in [3.63, 3.8) is 0 Å². The van der Waals surface area contributed by atoms with Crippen molar-refractivity contribution in [1.82, 2.24) is 15.3 Å². The van der Waals surface area contributed by atoms with Crippen molar-refractivity contribution in [2.45, 2.75) is 19.5 Å². The zero-order valence-corrected chi connectivity index (χ0v) is 12.3. The fourth-order valence-electron chi connectivity index (χ4n) is 2.56. The summed E-state index contributed by atoms with van der Waals surface area (Å²) in [6, 6.07) is 12.4. The number of rotatable bonds is 5. The normalized spacial score (nSPS) is 12.5. The maximum Gasteiger partial charge on any atom is 0.137 e. The lowest BCUT2D eigenvalue weighted by molar-refractivity contribution is 0.401. The smallest absolute Gasteiger partial charge is 0.137 e. The van der Waals surface area contributed by atoms with Crippen molar-refractivity contribution < 1.29 is 4.74 Å². The van der Waals surface area contributed by atoms with Gasteiger partial charge in [0.15, 0.2) is 0 Å². The number of hydrogen-bond donors (Lipinski definition) is 2. The quantitative estimate of drug-likeness (QED) is 0.753. The SMILES string of the molecule is COc1ccccc1[C@H](C)NCc1c[nH]c2ncccc12. The molecule has 0 radical (unpaired) electrons. The number of aromatic nitrogens is 2. The number of H-pyrrole nitrogens is 1. The molecule has 0 aliphatic heterocycles. The molecule has 2 N–H and O–H groups in total. The zero-order valence-electron chi connectivity index (χ0n) is 12.3. The Labute approximate surface area is 124 Å². The van der Waals surface area contributed by atoms with Crippen LogP contribution in [0.4, 0.5) is 0 Å². The van der Waals surface area contributed by atoms with E-state index in [0.29, 0.717) is 0 Å². The van der Waals surface area contributed by atoms with Crippen LogP contribution >= 0.6 is 0 Å². The Kier molecular flexibility index (Phi) is 3.88. The highest BCUT2D eigenvalue weighted by atomic mass is 16.5. The maximum atomic E-state index is 5.42. The van der Waals surface area contributed by atoms with Crippen molar-refractivity contribution in [3.8, 4) is 5.75 Å². The largest absolute Gasteiger partial charge is 0.496 e. The molecule has 1 aromatic carbocycles. The minimum Gasteiger partial charge on any atom is -0.496 e. The molecule has 0 saturated heterocycles. The number of aromatic amines is 1. The molecule has 4 nitrogen and oxygen atoms in total. The summed E-state index contributed by atoms with van der Waals surface area (Å²) < 4.78 is 5.42. The van der Waals surface area contributed by atoms with Gasteiger partial charge in [-0.2, -0.15) is 0 Å². The third-order valence-electron chi connectivity index (χ3n) is 3.74. The highest BCUT2D eigenvalue weighted by Gasteiger charge is 2.11. The molecule has 21 heavy (non-hydrogen) atoms. The second-order valence-corrected chi connectivity index (χ2v) is 5.06. The second-order valence-electron chi connectivity index (χ2n) is 5.06. The monoisotopic (exact) mass is 281 g/mol. The van der Waals surface area contributed by atoms with E-state index in [1.54, 1.807) is 13.3 Å². The van der Waals surface area contributed by atoms with Crippen molar-refractivity contribution in [2.75, 3.05) is 7.11 Å². The van der Waals surface area contributed by atoms with Crippen LogP contribution in [0.25, 0.3) is 11.0 Å². The van der Waals surface area contributed by atoms with Gasteiger partial charge in [0.25, 0.3) is 0 Å². The highest BCUT2D eigenvalue weighted by molar-refractivity contribution is 5.79. The van der Waals surface area contributed by atoms with Gasteiger partial charge >= 0.3 is 0 Å². The Hall–Kier alpha value is -2.33. The van der Waals surface area contributed by atoms with Crippen molar-refractivity contribution in [2.24, 2.45) is 0 Å². The molecule has 0 bridgehead atoms. The van der Waals surface area contributed by atoms with Crippen LogP contribution in [-0.2, 0) is 6.54 Å². The van der Waals surface area contributed by atoms with Crippen LogP contribution in [0.1, 0.15) is 24.1 Å². The van der Waals surface area contributed by atoms with E-state index in [4.69, 9.17) is 4.74 Å². The van der Waals surface area contributed by atoms with Gasteiger partial charge in [-0.25, -0.2) is 4.98 Å². The fraction of sp³-hybridized carbons (Fsp3) is 0.235. The van der Waals surface area contributed by atoms with E-state index in [0.717, 1.165) is 28.9 Å². The minimum atomic E-state index is 0.211. The van der Waals surface area contributed by atoms with Gasteiger partial charge in [-0.1, -0.05) is 18.2 Å². The average Bonchev–Trinajstić information content (AvgIpc) is 2.96. The number of nitrogens with zero attached hydrogens (tertiary/aromatic N) is 1. The molecule has 0 amide bonds. The number of benzene rings is 1. The van der Waals surface area contributed by atoms with E-state index in [2.05, 4.69) is 34.3 Å². The van der Waals surface area contributed by atoms with Gasteiger partial charge in [-0.05, 0) is 30.7 Å². The van der Waals surface area contributed by atoms with Crippen LogP contribution in [0.3, 0.4) is 0 Å². The van der Waals surface area contributed by atoms with Crippen LogP contribution in [0, 0.1) is 0 Å². The van der Waals surface area contributed by atoms with E-state index in [1.165, 1.54) is 5.56 Å². The predicted molar refractivity (Wildman–Crippen MR) is 84.3 cm³/mol. The van der Waals surface area contributed by atoms with Crippen LogP contribution in [0.5, 0.6) is 5.75 Å². The van der Waals surface area contributed by atoms with Gasteiger partial charge in [0.05, 0.1) is 7.11 Å². The van der Waals surface area contributed by atoms with Crippen LogP contribution in [0.2, 0.25) is 0 Å². The van der Waals surface area contributed by atoms with Gasteiger partial charge in [-0.15, -0.1) is 0 Å². The molecule has 108 valence electrons. The van der Waals surface area contributed by atoms with Crippen molar-refractivity contribution in [1.29, 1.82) is 0 Å². The molecule has 3 rings (SSSR count). The van der Waals surface area contributed by atoms with Crippen molar-refractivity contribution >= 4 is 11.0 Å². The first-order chi connectivity index (χ1) is 10.3. The Balaban J connectivity index is 1.75. The number of para-hydroxylation sites is 1. The lowest BCUT2D eigenvalue weighted by Gasteiger charge is -2.17. The van der Waals surface area contributed by atoms with E-state index in [9.17, 15) is 0 Å². The molecule has 0 unspecified atom stereocenters. The summed E-state index contributed by atoms with van der Waals surface area (Å²) in [5.74, 6) is 0.915. The summed E-state index contributed by atoms with van der Waals surface area (Å²) >= 11 is 0. The van der Waals surface area contributed by atoms with Gasteiger partial charge in [0.2, 0.25) is 0 Å². The molecule has 0 aliphatic rings. The summed E-state index contributed by atoms with van der Waals surface area (Å²) in [6.45, 7) is 2.93.